The minimum absolute atomic E-state index is 0.0344. The minimum Gasteiger partial charge on any atom is -0.346 e. The fourth-order valence-electron chi connectivity index (χ4n) is 3.20. The zero-order chi connectivity index (χ0) is 18.8. The van der Waals surface area contributed by atoms with Gasteiger partial charge >= 0.3 is 0 Å². The molecule has 0 saturated carbocycles. The Morgan fingerprint density at radius 2 is 2.08 bits per heavy atom. The summed E-state index contributed by atoms with van der Waals surface area (Å²) in [7, 11) is 0. The molecule has 1 aliphatic heterocycles. The van der Waals surface area contributed by atoms with Gasteiger partial charge in [0.1, 0.15) is 5.69 Å². The maximum Gasteiger partial charge on any atom is 0.270 e. The summed E-state index contributed by atoms with van der Waals surface area (Å²) in [5.74, 6) is 0.196. The van der Waals surface area contributed by atoms with Crippen LogP contribution in [-0.2, 0) is 4.79 Å². The van der Waals surface area contributed by atoms with Gasteiger partial charge in [-0.15, -0.1) is 0 Å². The van der Waals surface area contributed by atoms with Gasteiger partial charge < -0.3 is 10.2 Å². The van der Waals surface area contributed by atoms with E-state index in [0.29, 0.717) is 23.7 Å². The van der Waals surface area contributed by atoms with Crippen molar-refractivity contribution >= 4 is 38.6 Å². The van der Waals surface area contributed by atoms with Crippen LogP contribution in [0.15, 0.2) is 29.0 Å². The summed E-state index contributed by atoms with van der Waals surface area (Å²) in [6, 6.07) is 3.47. The highest BCUT2D eigenvalue weighted by Gasteiger charge is 2.31. The molecule has 138 valence electrons. The fourth-order valence-corrected chi connectivity index (χ4v) is 3.64. The average Bonchev–Trinajstić information content (AvgIpc) is 2.63. The molecular weight excluding hydrogens is 396 g/mol. The summed E-state index contributed by atoms with van der Waals surface area (Å²) in [5.41, 5.74) is 1.07. The van der Waals surface area contributed by atoms with E-state index in [1.165, 1.54) is 0 Å². The summed E-state index contributed by atoms with van der Waals surface area (Å²) < 4.78 is 0.754. The standard InChI is InChI=1S/C19H23BrN4O2/c1-11(2)19(26)24-7-6-12(3)16(10-24)23-18(25)15-5-4-13-8-21-9-14(20)17(13)22-15/h4-5,8-9,11-12,16H,6-7,10H2,1-3H3,(H,23,25). The second kappa shape index (κ2) is 7.70. The summed E-state index contributed by atoms with van der Waals surface area (Å²) >= 11 is 3.42. The molecule has 7 heteroatoms. The molecule has 1 saturated heterocycles. The van der Waals surface area contributed by atoms with Gasteiger partial charge in [0, 0.05) is 42.8 Å². The van der Waals surface area contributed by atoms with Crippen molar-refractivity contribution < 1.29 is 9.59 Å². The lowest BCUT2D eigenvalue weighted by molar-refractivity contribution is -0.136. The first kappa shape index (κ1) is 18.8. The fraction of sp³-hybridized carbons (Fsp3) is 0.474. The van der Waals surface area contributed by atoms with Crippen molar-refractivity contribution in [2.45, 2.75) is 33.2 Å². The molecule has 0 aromatic carbocycles. The zero-order valence-electron chi connectivity index (χ0n) is 15.2. The Morgan fingerprint density at radius 1 is 1.31 bits per heavy atom. The topological polar surface area (TPSA) is 75.2 Å². The molecule has 0 bridgehead atoms. The number of halogens is 1. The second-order valence-corrected chi connectivity index (χ2v) is 8.03. The van der Waals surface area contributed by atoms with Gasteiger partial charge in [-0.05, 0) is 40.4 Å². The van der Waals surface area contributed by atoms with Crippen molar-refractivity contribution in [1.82, 2.24) is 20.2 Å². The Balaban J connectivity index is 1.76. The van der Waals surface area contributed by atoms with Crippen LogP contribution in [0.3, 0.4) is 0 Å². The van der Waals surface area contributed by atoms with E-state index in [4.69, 9.17) is 0 Å². The van der Waals surface area contributed by atoms with E-state index in [9.17, 15) is 9.59 Å². The first-order valence-electron chi connectivity index (χ1n) is 8.86. The lowest BCUT2D eigenvalue weighted by atomic mass is 9.92. The predicted octanol–water partition coefficient (Wildman–Crippen LogP) is 3.02. The van der Waals surface area contributed by atoms with E-state index in [1.54, 1.807) is 18.5 Å². The second-order valence-electron chi connectivity index (χ2n) is 7.17. The van der Waals surface area contributed by atoms with Crippen LogP contribution in [0, 0.1) is 11.8 Å². The number of carbonyl (C=O) groups excluding carboxylic acids is 2. The number of fused-ring (bicyclic) bond motifs is 1. The third-order valence-electron chi connectivity index (χ3n) is 4.87. The van der Waals surface area contributed by atoms with Gasteiger partial charge in [-0.2, -0.15) is 0 Å². The molecule has 0 spiro atoms. The number of hydrogen-bond acceptors (Lipinski definition) is 4. The largest absolute Gasteiger partial charge is 0.346 e. The van der Waals surface area contributed by atoms with Crippen LogP contribution >= 0.6 is 15.9 Å². The maximum atomic E-state index is 12.7. The third-order valence-corrected chi connectivity index (χ3v) is 5.45. The number of carbonyl (C=O) groups is 2. The van der Waals surface area contributed by atoms with E-state index in [0.717, 1.165) is 22.8 Å². The van der Waals surface area contributed by atoms with Crippen LogP contribution in [0.1, 0.15) is 37.7 Å². The summed E-state index contributed by atoms with van der Waals surface area (Å²) in [4.78, 5) is 35.4. The minimum atomic E-state index is -0.216. The van der Waals surface area contributed by atoms with Crippen LogP contribution in [-0.4, -0.2) is 45.8 Å². The highest BCUT2D eigenvalue weighted by Crippen LogP contribution is 2.22. The SMILES string of the molecule is CC(C)C(=O)N1CCC(C)C(NC(=O)c2ccc3cncc(Br)c3n2)C1. The van der Waals surface area contributed by atoms with E-state index < -0.39 is 0 Å². The van der Waals surface area contributed by atoms with Crippen molar-refractivity contribution in [2.24, 2.45) is 11.8 Å². The highest BCUT2D eigenvalue weighted by molar-refractivity contribution is 9.10. The summed E-state index contributed by atoms with van der Waals surface area (Å²) in [5, 5.41) is 3.94. The molecule has 6 nitrogen and oxygen atoms in total. The maximum absolute atomic E-state index is 12.7. The Morgan fingerprint density at radius 3 is 2.81 bits per heavy atom. The number of nitrogens with one attached hydrogen (secondary N) is 1. The molecule has 2 aromatic rings. The van der Waals surface area contributed by atoms with Crippen LogP contribution in [0.2, 0.25) is 0 Å². The van der Waals surface area contributed by atoms with Gasteiger partial charge in [-0.3, -0.25) is 14.6 Å². The van der Waals surface area contributed by atoms with Crippen molar-refractivity contribution in [1.29, 1.82) is 0 Å². The molecule has 1 N–H and O–H groups in total. The van der Waals surface area contributed by atoms with Crippen LogP contribution in [0.4, 0.5) is 0 Å². The highest BCUT2D eigenvalue weighted by atomic mass is 79.9. The number of amides is 2. The predicted molar refractivity (Wildman–Crippen MR) is 104 cm³/mol. The molecule has 2 amide bonds. The Labute approximate surface area is 161 Å². The van der Waals surface area contributed by atoms with Crippen molar-refractivity contribution in [3.8, 4) is 0 Å². The molecule has 0 radical (unpaired) electrons. The smallest absolute Gasteiger partial charge is 0.270 e. The average molecular weight is 419 g/mol. The van der Waals surface area contributed by atoms with E-state index in [1.807, 2.05) is 24.8 Å². The number of hydrogen-bond donors (Lipinski definition) is 1. The molecular formula is C19H23BrN4O2. The van der Waals surface area contributed by atoms with Gasteiger partial charge in [0.05, 0.1) is 9.99 Å². The first-order valence-corrected chi connectivity index (χ1v) is 9.66. The van der Waals surface area contributed by atoms with Gasteiger partial charge in [-0.25, -0.2) is 4.98 Å². The van der Waals surface area contributed by atoms with E-state index >= 15 is 0 Å². The van der Waals surface area contributed by atoms with Crippen molar-refractivity contribution in [3.05, 3.63) is 34.7 Å². The molecule has 26 heavy (non-hydrogen) atoms. The number of nitrogens with zero attached hydrogens (tertiary/aromatic N) is 3. The molecule has 1 fully saturated rings. The van der Waals surface area contributed by atoms with Crippen LogP contribution < -0.4 is 5.32 Å². The van der Waals surface area contributed by atoms with Gasteiger partial charge in [0.2, 0.25) is 5.91 Å². The normalized spacial score (nSPS) is 20.4. The summed E-state index contributed by atoms with van der Waals surface area (Å²) in [6.45, 7) is 7.21. The molecule has 0 aliphatic carbocycles. The Kier molecular flexibility index (Phi) is 5.55. The Bertz CT molecular complexity index is 839. The number of rotatable bonds is 3. The molecule has 2 atom stereocenters. The molecule has 3 heterocycles. The lowest BCUT2D eigenvalue weighted by Gasteiger charge is -2.38. The molecule has 1 aliphatic rings. The van der Waals surface area contributed by atoms with E-state index in [2.05, 4.69) is 38.1 Å². The molecule has 2 aromatic heterocycles. The van der Waals surface area contributed by atoms with E-state index in [-0.39, 0.29) is 23.8 Å². The van der Waals surface area contributed by atoms with Crippen molar-refractivity contribution in [3.63, 3.8) is 0 Å². The lowest BCUT2D eigenvalue weighted by Crippen LogP contribution is -2.54. The zero-order valence-corrected chi connectivity index (χ0v) is 16.8. The van der Waals surface area contributed by atoms with Crippen molar-refractivity contribution in [2.75, 3.05) is 13.1 Å². The van der Waals surface area contributed by atoms with Gasteiger partial charge in [0.25, 0.3) is 5.91 Å². The summed E-state index contributed by atoms with van der Waals surface area (Å²) in [6.07, 6.45) is 4.26. The number of piperidine rings is 1. The number of pyridine rings is 2. The first-order chi connectivity index (χ1) is 12.4. The third kappa shape index (κ3) is 3.87. The quantitative estimate of drug-likeness (QED) is 0.830. The van der Waals surface area contributed by atoms with Crippen LogP contribution in [0.25, 0.3) is 10.9 Å². The van der Waals surface area contributed by atoms with Gasteiger partial charge in [-0.1, -0.05) is 20.8 Å². The van der Waals surface area contributed by atoms with Gasteiger partial charge in [0.15, 0.2) is 0 Å². The number of aromatic nitrogens is 2. The molecule has 2 unspecified atom stereocenters. The monoisotopic (exact) mass is 418 g/mol. The Hall–Kier alpha value is -2.02. The molecule has 3 rings (SSSR count). The van der Waals surface area contributed by atoms with Crippen LogP contribution in [0.5, 0.6) is 0 Å². The number of likely N-dealkylation sites (tertiary alicyclic amines) is 1.